The first-order valence-electron chi connectivity index (χ1n) is 6.66. The van der Waals surface area contributed by atoms with Crippen molar-refractivity contribution in [2.45, 2.75) is 18.9 Å². The van der Waals surface area contributed by atoms with E-state index in [1.54, 1.807) is 6.20 Å². The Morgan fingerprint density at radius 2 is 2.18 bits per heavy atom. The number of benzene rings is 1. The van der Waals surface area contributed by atoms with Crippen molar-refractivity contribution in [1.29, 1.82) is 0 Å². The number of nitrogens with one attached hydrogen (secondary N) is 1. The zero-order chi connectivity index (χ0) is 15.7. The van der Waals surface area contributed by atoms with Crippen LogP contribution in [-0.2, 0) is 11.2 Å². The average molecular weight is 338 g/mol. The number of carbonyl (C=O) groups is 1. The Morgan fingerprint density at radius 3 is 2.82 bits per heavy atom. The predicted molar refractivity (Wildman–Crippen MR) is 83.9 cm³/mol. The van der Waals surface area contributed by atoms with E-state index >= 15 is 0 Å². The third-order valence-corrected chi connectivity index (χ3v) is 4.60. The van der Waals surface area contributed by atoms with Crippen LogP contribution in [0.25, 0.3) is 0 Å². The fraction of sp³-hybridized carbons (Fsp3) is 0.286. The van der Waals surface area contributed by atoms with Gasteiger partial charge in [0.25, 0.3) is 0 Å². The zero-order valence-corrected chi connectivity index (χ0v) is 12.9. The molecular weight excluding hydrogens is 326 g/mol. The third kappa shape index (κ3) is 3.42. The van der Waals surface area contributed by atoms with Crippen LogP contribution in [0.2, 0.25) is 5.02 Å². The Kier molecular flexibility index (Phi) is 4.08. The molecule has 0 spiro atoms. The zero-order valence-electron chi connectivity index (χ0n) is 11.4. The second-order valence-corrected chi connectivity index (χ2v) is 6.67. The van der Waals surface area contributed by atoms with Gasteiger partial charge in [-0.15, -0.1) is 11.3 Å². The van der Waals surface area contributed by atoms with Gasteiger partial charge in [-0.1, -0.05) is 23.7 Å². The van der Waals surface area contributed by atoms with Crippen LogP contribution in [0.5, 0.6) is 0 Å². The monoisotopic (exact) mass is 337 g/mol. The Balaban J connectivity index is 1.58. The molecule has 0 aliphatic heterocycles. The smallest absolute Gasteiger partial charge is 0.236 e. The highest BCUT2D eigenvalue weighted by atomic mass is 35.5. The molecule has 2 atom stereocenters. The Morgan fingerprint density at radius 1 is 1.45 bits per heavy atom. The van der Waals surface area contributed by atoms with Gasteiger partial charge in [0, 0.05) is 33.9 Å². The van der Waals surface area contributed by atoms with Crippen molar-refractivity contribution < 1.29 is 9.72 Å². The van der Waals surface area contributed by atoms with Crippen LogP contribution < -0.4 is 5.32 Å². The summed E-state index contributed by atoms with van der Waals surface area (Å²) in [6.45, 7) is 0. The van der Waals surface area contributed by atoms with Gasteiger partial charge in [0.1, 0.15) is 5.92 Å². The fourth-order valence-electron chi connectivity index (χ4n) is 2.14. The number of nitrogens with zero attached hydrogens (tertiary/aromatic N) is 2. The third-order valence-electron chi connectivity index (χ3n) is 3.44. The topological polar surface area (TPSA) is 85.1 Å². The molecule has 1 N–H and O–H groups in total. The first kappa shape index (κ1) is 14.9. The van der Waals surface area contributed by atoms with E-state index in [0.29, 0.717) is 23.0 Å². The molecule has 114 valence electrons. The minimum Gasteiger partial charge on any atom is -0.301 e. The molecule has 1 aliphatic carbocycles. The highest BCUT2D eigenvalue weighted by molar-refractivity contribution is 7.15. The lowest BCUT2D eigenvalue weighted by molar-refractivity contribution is -0.497. The molecule has 1 heterocycles. The molecule has 1 fully saturated rings. The van der Waals surface area contributed by atoms with Gasteiger partial charge in [-0.2, -0.15) is 0 Å². The quantitative estimate of drug-likeness (QED) is 0.671. The van der Waals surface area contributed by atoms with Crippen LogP contribution in [0.4, 0.5) is 5.13 Å². The summed E-state index contributed by atoms with van der Waals surface area (Å²) in [4.78, 5) is 27.1. The summed E-state index contributed by atoms with van der Waals surface area (Å²) in [5.74, 6) is -0.854. The maximum absolute atomic E-state index is 11.8. The maximum Gasteiger partial charge on any atom is 0.236 e. The number of carbonyl (C=O) groups excluding carboxylic acids is 1. The molecule has 0 unspecified atom stereocenters. The van der Waals surface area contributed by atoms with E-state index in [4.69, 9.17) is 11.6 Å². The number of halogens is 1. The van der Waals surface area contributed by atoms with E-state index in [9.17, 15) is 14.9 Å². The number of aromatic nitrogens is 1. The van der Waals surface area contributed by atoms with Gasteiger partial charge in [0.15, 0.2) is 5.13 Å². The first-order chi connectivity index (χ1) is 10.5. The van der Waals surface area contributed by atoms with E-state index in [2.05, 4.69) is 10.3 Å². The number of rotatable bonds is 5. The van der Waals surface area contributed by atoms with E-state index in [1.807, 2.05) is 24.3 Å². The second kappa shape index (κ2) is 6.02. The van der Waals surface area contributed by atoms with Crippen LogP contribution in [-0.4, -0.2) is 21.9 Å². The average Bonchev–Trinajstić information content (AvgIpc) is 3.18. The van der Waals surface area contributed by atoms with Gasteiger partial charge >= 0.3 is 0 Å². The highest BCUT2D eigenvalue weighted by Gasteiger charge is 2.53. The molecule has 1 aliphatic rings. The van der Waals surface area contributed by atoms with Crippen LogP contribution in [0.3, 0.4) is 0 Å². The number of amides is 1. The summed E-state index contributed by atoms with van der Waals surface area (Å²) in [6, 6.07) is 6.78. The fourth-order valence-corrected chi connectivity index (χ4v) is 3.12. The van der Waals surface area contributed by atoms with Crippen molar-refractivity contribution in [2.75, 3.05) is 5.32 Å². The summed E-state index contributed by atoms with van der Waals surface area (Å²) in [5, 5.41) is 14.4. The van der Waals surface area contributed by atoms with Crippen molar-refractivity contribution in [3.05, 3.63) is 56.0 Å². The molecule has 0 radical (unpaired) electrons. The van der Waals surface area contributed by atoms with Crippen LogP contribution in [0, 0.1) is 16.0 Å². The molecule has 1 aromatic heterocycles. The van der Waals surface area contributed by atoms with Crippen molar-refractivity contribution in [1.82, 2.24) is 4.98 Å². The highest BCUT2D eigenvalue weighted by Crippen LogP contribution is 2.34. The van der Waals surface area contributed by atoms with Crippen molar-refractivity contribution in [2.24, 2.45) is 5.92 Å². The van der Waals surface area contributed by atoms with Crippen LogP contribution in [0.15, 0.2) is 30.5 Å². The Labute approximate surface area is 135 Å². The number of hydrogen-bond donors (Lipinski definition) is 1. The van der Waals surface area contributed by atoms with Gasteiger partial charge in [-0.05, 0) is 17.7 Å². The molecule has 1 amide bonds. The molecule has 1 saturated carbocycles. The predicted octanol–water partition coefficient (Wildman–Crippen LogP) is 2.99. The summed E-state index contributed by atoms with van der Waals surface area (Å²) < 4.78 is 0. The normalized spacial score (nSPS) is 19.7. The second-order valence-electron chi connectivity index (χ2n) is 5.12. The van der Waals surface area contributed by atoms with Gasteiger partial charge in [0.05, 0.1) is 0 Å². The van der Waals surface area contributed by atoms with Gasteiger partial charge in [-0.25, -0.2) is 4.98 Å². The number of thiazole rings is 1. The van der Waals surface area contributed by atoms with Gasteiger partial charge < -0.3 is 5.32 Å². The van der Waals surface area contributed by atoms with E-state index < -0.39 is 16.9 Å². The number of hydrogen-bond acceptors (Lipinski definition) is 5. The SMILES string of the molecule is O=C(Nc1ncc(Cc2ccc(Cl)cc2)s1)[C@@H]1C[C@@H]1[N+](=O)[O-]. The van der Waals surface area contributed by atoms with E-state index in [0.717, 1.165) is 10.4 Å². The van der Waals surface area contributed by atoms with Gasteiger partial charge in [0.2, 0.25) is 11.9 Å². The van der Waals surface area contributed by atoms with Gasteiger partial charge in [-0.3, -0.25) is 14.9 Å². The minimum atomic E-state index is -0.742. The standard InChI is InChI=1S/C14H12ClN3O3S/c15-9-3-1-8(2-4-9)5-10-7-16-14(22-10)17-13(19)11-6-12(11)18(20)21/h1-4,7,11-12H,5-6H2,(H,16,17,19)/t11-,12+/m1/s1. The van der Waals surface area contributed by atoms with Crippen molar-refractivity contribution in [3.8, 4) is 0 Å². The molecule has 22 heavy (non-hydrogen) atoms. The lowest BCUT2D eigenvalue weighted by atomic mass is 10.1. The molecule has 8 heteroatoms. The summed E-state index contributed by atoms with van der Waals surface area (Å²) >= 11 is 7.21. The molecule has 1 aromatic carbocycles. The summed E-state index contributed by atoms with van der Waals surface area (Å²) in [6.07, 6.45) is 2.71. The molecule has 3 rings (SSSR count). The Bertz CT molecular complexity index is 716. The lowest BCUT2D eigenvalue weighted by Crippen LogP contribution is -2.18. The van der Waals surface area contributed by atoms with Crippen LogP contribution in [0.1, 0.15) is 16.9 Å². The lowest BCUT2D eigenvalue weighted by Gasteiger charge is -1.99. The molecule has 6 nitrogen and oxygen atoms in total. The van der Waals surface area contributed by atoms with Crippen molar-refractivity contribution in [3.63, 3.8) is 0 Å². The molecule has 0 saturated heterocycles. The number of anilines is 1. The minimum absolute atomic E-state index is 0.307. The molecule has 2 aromatic rings. The van der Waals surface area contributed by atoms with E-state index in [-0.39, 0.29) is 5.91 Å². The molecule has 0 bridgehead atoms. The molecular formula is C14H12ClN3O3S. The number of nitro groups is 1. The largest absolute Gasteiger partial charge is 0.301 e. The summed E-state index contributed by atoms with van der Waals surface area (Å²) in [7, 11) is 0. The summed E-state index contributed by atoms with van der Waals surface area (Å²) in [5.41, 5.74) is 1.10. The first-order valence-corrected chi connectivity index (χ1v) is 7.86. The van der Waals surface area contributed by atoms with E-state index in [1.165, 1.54) is 11.3 Å². The van der Waals surface area contributed by atoms with Crippen LogP contribution >= 0.6 is 22.9 Å². The van der Waals surface area contributed by atoms with Crippen molar-refractivity contribution >= 4 is 34.0 Å². The maximum atomic E-state index is 11.8. The Hall–Kier alpha value is -1.99.